The van der Waals surface area contributed by atoms with Crippen LogP contribution in [-0.2, 0) is 10.0 Å². The van der Waals surface area contributed by atoms with E-state index >= 15 is 0 Å². The lowest BCUT2D eigenvalue weighted by atomic mass is 10.1. The Morgan fingerprint density at radius 2 is 1.91 bits per heavy atom. The normalized spacial score (nSPS) is 17.4. The molecule has 1 aliphatic heterocycles. The lowest BCUT2D eigenvalue weighted by Gasteiger charge is -2.30. The number of carbonyl (C=O) groups excluding carboxylic acids is 1. The molecule has 1 fully saturated rings. The van der Waals surface area contributed by atoms with Gasteiger partial charge in [-0.2, -0.15) is 0 Å². The molecule has 2 rings (SSSR count). The second kappa shape index (κ2) is 6.62. The number of amides is 1. The molecule has 1 amide bonds. The number of rotatable bonds is 3. The van der Waals surface area contributed by atoms with Gasteiger partial charge in [0, 0.05) is 24.2 Å². The van der Waals surface area contributed by atoms with Crippen molar-refractivity contribution in [1.82, 2.24) is 9.62 Å². The van der Waals surface area contributed by atoms with E-state index in [1.54, 1.807) is 0 Å². The van der Waals surface area contributed by atoms with Gasteiger partial charge in [0.25, 0.3) is 5.91 Å². The molecule has 0 atom stereocenters. The van der Waals surface area contributed by atoms with E-state index in [-0.39, 0.29) is 27.4 Å². The second-order valence-electron chi connectivity index (χ2n) is 5.19. The fraction of sp³-hybridized carbons (Fsp3) is 0.462. The fourth-order valence-electron chi connectivity index (χ4n) is 2.33. The number of piperidine rings is 1. The van der Waals surface area contributed by atoms with Crippen LogP contribution in [0.4, 0.5) is 0 Å². The summed E-state index contributed by atoms with van der Waals surface area (Å²) in [5.74, 6) is -0.808. The number of nitrogens with one attached hydrogen (secondary N) is 1. The average Bonchev–Trinajstić information content (AvgIpc) is 2.42. The van der Waals surface area contributed by atoms with Crippen molar-refractivity contribution in [2.45, 2.75) is 18.9 Å². The maximum Gasteiger partial charge on any atom is 0.255 e. The molecule has 0 spiro atoms. The van der Waals surface area contributed by atoms with Crippen LogP contribution in [-0.4, -0.2) is 49.1 Å². The summed E-state index contributed by atoms with van der Waals surface area (Å²) in [5.41, 5.74) is 0.00282. The van der Waals surface area contributed by atoms with E-state index < -0.39 is 15.9 Å². The molecule has 0 saturated carbocycles. The van der Waals surface area contributed by atoms with E-state index in [2.05, 4.69) is 5.32 Å². The highest BCUT2D eigenvalue weighted by Gasteiger charge is 2.26. The molecule has 122 valence electrons. The highest BCUT2D eigenvalue weighted by atomic mass is 35.5. The molecule has 0 aliphatic carbocycles. The van der Waals surface area contributed by atoms with Crippen LogP contribution >= 0.6 is 23.2 Å². The van der Waals surface area contributed by atoms with Gasteiger partial charge in [-0.1, -0.05) is 23.2 Å². The molecule has 1 aromatic carbocycles. The van der Waals surface area contributed by atoms with Crippen LogP contribution in [0.15, 0.2) is 12.1 Å². The minimum atomic E-state index is -3.20. The number of nitrogens with zero attached hydrogens (tertiary/aromatic N) is 1. The summed E-state index contributed by atoms with van der Waals surface area (Å²) in [7, 11) is -3.20. The first-order valence-corrected chi connectivity index (χ1v) is 9.23. The van der Waals surface area contributed by atoms with Crippen LogP contribution < -0.4 is 5.32 Å². The van der Waals surface area contributed by atoms with E-state index in [0.29, 0.717) is 25.9 Å². The van der Waals surface area contributed by atoms with Crippen LogP contribution in [0.5, 0.6) is 5.75 Å². The third-order valence-corrected chi connectivity index (χ3v) is 5.34. The van der Waals surface area contributed by atoms with Crippen molar-refractivity contribution in [2.75, 3.05) is 19.3 Å². The van der Waals surface area contributed by atoms with Crippen molar-refractivity contribution in [1.29, 1.82) is 0 Å². The number of carbonyl (C=O) groups is 1. The van der Waals surface area contributed by atoms with Crippen LogP contribution in [0.3, 0.4) is 0 Å². The van der Waals surface area contributed by atoms with Gasteiger partial charge >= 0.3 is 0 Å². The lowest BCUT2D eigenvalue weighted by Crippen LogP contribution is -2.46. The number of phenols is 1. The quantitative estimate of drug-likeness (QED) is 0.854. The van der Waals surface area contributed by atoms with E-state index in [9.17, 15) is 18.3 Å². The van der Waals surface area contributed by atoms with Crippen molar-refractivity contribution in [3.63, 3.8) is 0 Å². The van der Waals surface area contributed by atoms with Gasteiger partial charge in [-0.25, -0.2) is 12.7 Å². The van der Waals surface area contributed by atoms with Crippen molar-refractivity contribution in [3.8, 4) is 5.75 Å². The first-order chi connectivity index (χ1) is 10.2. The first-order valence-electron chi connectivity index (χ1n) is 6.62. The molecule has 0 radical (unpaired) electrons. The highest BCUT2D eigenvalue weighted by molar-refractivity contribution is 7.88. The number of sulfonamides is 1. The van der Waals surface area contributed by atoms with Gasteiger partial charge in [0.2, 0.25) is 10.0 Å². The van der Waals surface area contributed by atoms with Crippen molar-refractivity contribution in [2.24, 2.45) is 0 Å². The Morgan fingerprint density at radius 1 is 1.32 bits per heavy atom. The summed E-state index contributed by atoms with van der Waals surface area (Å²) < 4.78 is 24.2. The standard InChI is InChI=1S/C13H16Cl2N2O4S/c1-22(20,21)17-4-2-9(3-5-17)16-13(19)10-6-8(14)7-11(15)12(10)18/h6-7,9,18H,2-5H2,1H3,(H,16,19). The molecule has 6 nitrogen and oxygen atoms in total. The highest BCUT2D eigenvalue weighted by Crippen LogP contribution is 2.31. The topological polar surface area (TPSA) is 86.7 Å². The third kappa shape index (κ3) is 4.04. The van der Waals surface area contributed by atoms with Gasteiger partial charge in [-0.05, 0) is 25.0 Å². The third-order valence-electron chi connectivity index (χ3n) is 3.53. The number of benzene rings is 1. The minimum Gasteiger partial charge on any atom is -0.506 e. The fourth-order valence-corrected chi connectivity index (χ4v) is 3.70. The molecule has 0 unspecified atom stereocenters. The number of hydrogen-bond acceptors (Lipinski definition) is 4. The Labute approximate surface area is 139 Å². The van der Waals surface area contributed by atoms with E-state index in [1.807, 2.05) is 0 Å². The van der Waals surface area contributed by atoms with Gasteiger partial charge in [-0.15, -0.1) is 0 Å². The Hall–Kier alpha value is -1.02. The predicted octanol–water partition coefficient (Wildman–Crippen LogP) is 1.85. The second-order valence-corrected chi connectivity index (χ2v) is 8.02. The summed E-state index contributed by atoms with van der Waals surface area (Å²) in [6.07, 6.45) is 2.18. The smallest absolute Gasteiger partial charge is 0.255 e. The predicted molar refractivity (Wildman–Crippen MR) is 85.0 cm³/mol. The zero-order valence-electron chi connectivity index (χ0n) is 11.8. The Bertz CT molecular complexity index is 686. The Balaban J connectivity index is 2.03. The summed E-state index contributed by atoms with van der Waals surface area (Å²) >= 11 is 11.6. The summed E-state index contributed by atoms with van der Waals surface area (Å²) in [6.45, 7) is 0.706. The van der Waals surface area contributed by atoms with Crippen LogP contribution in [0.1, 0.15) is 23.2 Å². The molecule has 0 aromatic heterocycles. The summed E-state index contributed by atoms with van der Waals surface area (Å²) in [4.78, 5) is 12.2. The maximum atomic E-state index is 12.2. The summed E-state index contributed by atoms with van der Waals surface area (Å²) in [6, 6.07) is 2.52. The summed E-state index contributed by atoms with van der Waals surface area (Å²) in [5, 5.41) is 12.9. The van der Waals surface area contributed by atoms with Crippen molar-refractivity contribution in [3.05, 3.63) is 27.7 Å². The molecule has 1 saturated heterocycles. The zero-order chi connectivity index (χ0) is 16.5. The van der Waals surface area contributed by atoms with Gasteiger partial charge in [-0.3, -0.25) is 4.79 Å². The largest absolute Gasteiger partial charge is 0.506 e. The molecule has 1 heterocycles. The molecular weight excluding hydrogens is 351 g/mol. The Kier molecular flexibility index (Phi) is 5.21. The number of aromatic hydroxyl groups is 1. The van der Waals surface area contributed by atoms with Crippen molar-refractivity contribution >= 4 is 39.1 Å². The van der Waals surface area contributed by atoms with E-state index in [1.165, 1.54) is 16.4 Å². The molecule has 1 aliphatic rings. The monoisotopic (exact) mass is 366 g/mol. The van der Waals surface area contributed by atoms with Gasteiger partial charge in [0.15, 0.2) is 0 Å². The maximum absolute atomic E-state index is 12.2. The zero-order valence-corrected chi connectivity index (χ0v) is 14.2. The molecule has 0 bridgehead atoms. The molecule has 2 N–H and O–H groups in total. The molecule has 9 heteroatoms. The van der Waals surface area contributed by atoms with E-state index in [4.69, 9.17) is 23.2 Å². The lowest BCUT2D eigenvalue weighted by molar-refractivity contribution is 0.0921. The SMILES string of the molecule is CS(=O)(=O)N1CCC(NC(=O)c2cc(Cl)cc(Cl)c2O)CC1. The molecular formula is C13H16Cl2N2O4S. The Morgan fingerprint density at radius 3 is 2.45 bits per heavy atom. The molecule has 22 heavy (non-hydrogen) atoms. The first kappa shape index (κ1) is 17.3. The van der Waals surface area contributed by atoms with E-state index in [0.717, 1.165) is 6.26 Å². The van der Waals surface area contributed by atoms with Crippen LogP contribution in [0.25, 0.3) is 0 Å². The molecule has 1 aromatic rings. The van der Waals surface area contributed by atoms with Gasteiger partial charge in [0.1, 0.15) is 5.75 Å². The van der Waals surface area contributed by atoms with Gasteiger partial charge < -0.3 is 10.4 Å². The van der Waals surface area contributed by atoms with Gasteiger partial charge in [0.05, 0.1) is 16.8 Å². The number of hydrogen-bond donors (Lipinski definition) is 2. The number of phenolic OH excluding ortho intramolecular Hbond substituents is 1. The van der Waals surface area contributed by atoms with Crippen LogP contribution in [0, 0.1) is 0 Å². The van der Waals surface area contributed by atoms with Crippen LogP contribution in [0.2, 0.25) is 10.0 Å². The average molecular weight is 367 g/mol. The van der Waals surface area contributed by atoms with Crippen molar-refractivity contribution < 1.29 is 18.3 Å². The minimum absolute atomic E-state index is 0.00282. The number of halogens is 2.